The summed E-state index contributed by atoms with van der Waals surface area (Å²) in [5.41, 5.74) is 1.06. The third-order valence-electron chi connectivity index (χ3n) is 2.60. The van der Waals surface area contributed by atoms with Crippen LogP contribution in [0.5, 0.6) is 11.5 Å². The first-order chi connectivity index (χ1) is 9.22. The van der Waals surface area contributed by atoms with Crippen LogP contribution in [0, 0.1) is 0 Å². The van der Waals surface area contributed by atoms with Gasteiger partial charge in [0.2, 0.25) is 0 Å². The quantitative estimate of drug-likeness (QED) is 0.888. The van der Waals surface area contributed by atoms with Gasteiger partial charge in [0.05, 0.1) is 0 Å². The Labute approximate surface area is 111 Å². The molecule has 0 aliphatic heterocycles. The van der Waals surface area contributed by atoms with E-state index in [0.29, 0.717) is 11.5 Å². The molecule has 3 heteroatoms. The Balaban J connectivity index is 2.39. The summed E-state index contributed by atoms with van der Waals surface area (Å²) in [7, 11) is 0. The van der Waals surface area contributed by atoms with Crippen LogP contribution in [0.1, 0.15) is 22.8 Å². The van der Waals surface area contributed by atoms with E-state index in [0.717, 1.165) is 5.56 Å². The minimum absolute atomic E-state index is 0.151. The van der Waals surface area contributed by atoms with Crippen LogP contribution in [0.3, 0.4) is 0 Å². The average Bonchev–Trinajstić information content (AvgIpc) is 2.42. The number of benzene rings is 2. The third-order valence-corrected chi connectivity index (χ3v) is 2.60. The van der Waals surface area contributed by atoms with Crippen molar-refractivity contribution in [3.05, 3.63) is 65.7 Å². The zero-order valence-corrected chi connectivity index (χ0v) is 10.5. The molecular weight excluding hydrogens is 240 g/mol. The second-order valence-corrected chi connectivity index (χ2v) is 3.94. The molecule has 19 heavy (non-hydrogen) atoms. The molecule has 2 rings (SSSR count). The summed E-state index contributed by atoms with van der Waals surface area (Å²) in [4.78, 5) is 11.1. The van der Waals surface area contributed by atoms with E-state index in [9.17, 15) is 4.79 Å². The molecule has 0 saturated heterocycles. The number of carboxylic acids is 1. The van der Waals surface area contributed by atoms with Gasteiger partial charge >= 0.3 is 5.97 Å². The lowest BCUT2D eigenvalue weighted by Gasteiger charge is -2.10. The van der Waals surface area contributed by atoms with Gasteiger partial charge in [-0.15, -0.1) is 0 Å². The van der Waals surface area contributed by atoms with E-state index in [2.05, 4.69) is 0 Å². The van der Waals surface area contributed by atoms with Crippen molar-refractivity contribution in [3.8, 4) is 11.5 Å². The molecular formula is C16H14O3. The maximum atomic E-state index is 11.1. The predicted octanol–water partition coefficient (Wildman–Crippen LogP) is 4.21. The van der Waals surface area contributed by atoms with Crippen LogP contribution in [0.2, 0.25) is 0 Å². The van der Waals surface area contributed by atoms with Crippen LogP contribution in [-0.4, -0.2) is 11.1 Å². The maximum Gasteiger partial charge on any atom is 0.339 e. The van der Waals surface area contributed by atoms with Gasteiger partial charge in [0, 0.05) is 5.56 Å². The smallest absolute Gasteiger partial charge is 0.339 e. The Morgan fingerprint density at radius 2 is 1.68 bits per heavy atom. The summed E-state index contributed by atoms with van der Waals surface area (Å²) in [5.74, 6) is -0.0274. The van der Waals surface area contributed by atoms with Crippen molar-refractivity contribution in [2.75, 3.05) is 0 Å². The van der Waals surface area contributed by atoms with E-state index < -0.39 is 5.97 Å². The molecule has 0 aliphatic rings. The van der Waals surface area contributed by atoms with Gasteiger partial charge in [-0.05, 0) is 25.1 Å². The van der Waals surface area contributed by atoms with Crippen molar-refractivity contribution >= 4 is 12.0 Å². The highest BCUT2D eigenvalue weighted by Crippen LogP contribution is 2.28. The molecule has 2 aromatic carbocycles. The van der Waals surface area contributed by atoms with Crippen LogP contribution in [0.25, 0.3) is 6.08 Å². The highest BCUT2D eigenvalue weighted by atomic mass is 16.5. The van der Waals surface area contributed by atoms with E-state index in [4.69, 9.17) is 9.84 Å². The van der Waals surface area contributed by atoms with Crippen molar-refractivity contribution < 1.29 is 14.6 Å². The SMILES string of the molecule is CC=Cc1ccccc1Oc1ccccc1C(=O)O. The molecule has 0 unspecified atom stereocenters. The number of para-hydroxylation sites is 2. The molecule has 0 amide bonds. The zero-order chi connectivity index (χ0) is 13.7. The number of aromatic carboxylic acids is 1. The van der Waals surface area contributed by atoms with E-state index >= 15 is 0 Å². The predicted molar refractivity (Wildman–Crippen MR) is 74.6 cm³/mol. The molecule has 0 atom stereocenters. The third kappa shape index (κ3) is 3.01. The van der Waals surface area contributed by atoms with E-state index in [1.54, 1.807) is 18.2 Å². The minimum Gasteiger partial charge on any atom is -0.478 e. The van der Waals surface area contributed by atoms with Crippen molar-refractivity contribution in [3.63, 3.8) is 0 Å². The van der Waals surface area contributed by atoms with Crippen molar-refractivity contribution in [2.24, 2.45) is 0 Å². The van der Waals surface area contributed by atoms with Gasteiger partial charge in [-0.3, -0.25) is 0 Å². The summed E-state index contributed by atoms with van der Waals surface area (Å²) < 4.78 is 5.72. The first kappa shape index (κ1) is 12.9. The number of allylic oxidation sites excluding steroid dienone is 1. The van der Waals surface area contributed by atoms with Crippen molar-refractivity contribution in [2.45, 2.75) is 6.92 Å². The number of carboxylic acid groups (broad SMARTS) is 1. The molecule has 96 valence electrons. The average molecular weight is 254 g/mol. The number of rotatable bonds is 4. The normalized spacial score (nSPS) is 10.6. The highest BCUT2D eigenvalue weighted by Gasteiger charge is 2.11. The number of hydrogen-bond donors (Lipinski definition) is 1. The maximum absolute atomic E-state index is 11.1. The van der Waals surface area contributed by atoms with Gasteiger partial charge in [0.15, 0.2) is 0 Å². The van der Waals surface area contributed by atoms with Crippen molar-refractivity contribution in [1.29, 1.82) is 0 Å². The summed E-state index contributed by atoms with van der Waals surface area (Å²) in [6.45, 7) is 1.92. The highest BCUT2D eigenvalue weighted by molar-refractivity contribution is 5.91. The lowest BCUT2D eigenvalue weighted by atomic mass is 10.1. The molecule has 0 fully saturated rings. The number of ether oxygens (including phenoxy) is 1. The van der Waals surface area contributed by atoms with Crippen LogP contribution < -0.4 is 4.74 Å². The van der Waals surface area contributed by atoms with E-state index in [1.807, 2.05) is 43.3 Å². The second-order valence-electron chi connectivity index (χ2n) is 3.94. The summed E-state index contributed by atoms with van der Waals surface area (Å²) >= 11 is 0. The minimum atomic E-state index is -1.00. The summed E-state index contributed by atoms with van der Waals surface area (Å²) in [6, 6.07) is 14.1. The second kappa shape index (κ2) is 5.87. The molecule has 0 radical (unpaired) electrons. The lowest BCUT2D eigenvalue weighted by Crippen LogP contribution is -2.00. The standard InChI is InChI=1S/C16H14O3/c1-2-7-12-8-3-5-10-14(12)19-15-11-6-4-9-13(15)16(17)18/h2-11H,1H3,(H,17,18). The molecule has 0 aromatic heterocycles. The van der Waals surface area contributed by atoms with Gasteiger partial charge < -0.3 is 9.84 Å². The van der Waals surface area contributed by atoms with Crippen LogP contribution >= 0.6 is 0 Å². The van der Waals surface area contributed by atoms with Crippen LogP contribution in [-0.2, 0) is 0 Å². The molecule has 0 spiro atoms. The molecule has 0 bridgehead atoms. The molecule has 3 nitrogen and oxygen atoms in total. The molecule has 0 heterocycles. The number of carbonyl (C=O) groups is 1. The van der Waals surface area contributed by atoms with Gasteiger partial charge in [0.1, 0.15) is 17.1 Å². The Morgan fingerprint density at radius 1 is 1.05 bits per heavy atom. The Bertz CT molecular complexity index is 615. The zero-order valence-electron chi connectivity index (χ0n) is 10.5. The fourth-order valence-electron chi connectivity index (χ4n) is 1.74. The fraction of sp³-hybridized carbons (Fsp3) is 0.0625. The van der Waals surface area contributed by atoms with Gasteiger partial charge in [-0.2, -0.15) is 0 Å². The van der Waals surface area contributed by atoms with E-state index in [-0.39, 0.29) is 5.56 Å². The summed E-state index contributed by atoms with van der Waals surface area (Å²) in [6.07, 6.45) is 3.82. The number of hydrogen-bond acceptors (Lipinski definition) is 2. The Kier molecular flexibility index (Phi) is 3.98. The van der Waals surface area contributed by atoms with Crippen LogP contribution in [0.15, 0.2) is 54.6 Å². The Hall–Kier alpha value is -2.55. The van der Waals surface area contributed by atoms with Crippen LogP contribution in [0.4, 0.5) is 0 Å². The first-order valence-electron chi connectivity index (χ1n) is 5.94. The topological polar surface area (TPSA) is 46.5 Å². The van der Waals surface area contributed by atoms with E-state index in [1.165, 1.54) is 6.07 Å². The molecule has 0 aliphatic carbocycles. The van der Waals surface area contributed by atoms with Crippen molar-refractivity contribution in [1.82, 2.24) is 0 Å². The lowest BCUT2D eigenvalue weighted by molar-refractivity contribution is 0.0694. The van der Waals surface area contributed by atoms with Gasteiger partial charge in [-0.1, -0.05) is 42.5 Å². The molecule has 2 aromatic rings. The molecule has 0 saturated carbocycles. The summed E-state index contributed by atoms with van der Waals surface area (Å²) in [5, 5.41) is 9.12. The monoisotopic (exact) mass is 254 g/mol. The molecule has 1 N–H and O–H groups in total. The fourth-order valence-corrected chi connectivity index (χ4v) is 1.74. The largest absolute Gasteiger partial charge is 0.478 e. The Morgan fingerprint density at radius 3 is 2.37 bits per heavy atom. The van der Waals surface area contributed by atoms with Gasteiger partial charge in [0.25, 0.3) is 0 Å². The van der Waals surface area contributed by atoms with Gasteiger partial charge in [-0.25, -0.2) is 4.79 Å². The first-order valence-corrected chi connectivity index (χ1v) is 5.94.